The van der Waals surface area contributed by atoms with Crippen LogP contribution in [0.5, 0.6) is 0 Å². The molecule has 0 unspecified atom stereocenters. The van der Waals surface area contributed by atoms with Crippen molar-refractivity contribution in [2.75, 3.05) is 13.1 Å². The number of benzene rings is 2. The van der Waals surface area contributed by atoms with Crippen LogP contribution < -0.4 is 0 Å². The van der Waals surface area contributed by atoms with Crippen LogP contribution in [0.15, 0.2) is 54.6 Å². The minimum Gasteiger partial charge on any atom is -0.481 e. The molecule has 1 N–H and O–H groups in total. The highest BCUT2D eigenvalue weighted by Crippen LogP contribution is 2.24. The number of likely N-dealkylation sites (tertiary alicyclic amines) is 1. The summed E-state index contributed by atoms with van der Waals surface area (Å²) in [5.74, 6) is 0.126. The predicted octanol–water partition coefficient (Wildman–Crippen LogP) is 3.32. The topological polar surface area (TPSA) is 58.4 Å². The summed E-state index contributed by atoms with van der Waals surface area (Å²) < 4.78 is 2.21. The first kappa shape index (κ1) is 15.8. The first-order valence-electron chi connectivity index (χ1n) is 8.69. The molecule has 4 rings (SSSR count). The molecule has 5 nitrogen and oxygen atoms in total. The summed E-state index contributed by atoms with van der Waals surface area (Å²) in [6.07, 6.45) is 1.42. The fourth-order valence-electron chi connectivity index (χ4n) is 3.59. The van der Waals surface area contributed by atoms with Crippen LogP contribution in [0.3, 0.4) is 0 Å². The van der Waals surface area contributed by atoms with E-state index in [1.807, 2.05) is 36.4 Å². The third-order valence-corrected chi connectivity index (χ3v) is 4.95. The van der Waals surface area contributed by atoms with Crippen molar-refractivity contribution in [1.29, 1.82) is 0 Å². The Morgan fingerprint density at radius 3 is 2.44 bits per heavy atom. The predicted molar refractivity (Wildman–Crippen MR) is 96.7 cm³/mol. The number of piperidine rings is 1. The Morgan fingerprint density at radius 2 is 1.72 bits per heavy atom. The molecule has 5 heteroatoms. The van der Waals surface area contributed by atoms with E-state index >= 15 is 0 Å². The van der Waals surface area contributed by atoms with E-state index in [0.29, 0.717) is 12.8 Å². The van der Waals surface area contributed by atoms with Crippen molar-refractivity contribution in [2.24, 2.45) is 5.92 Å². The summed E-state index contributed by atoms with van der Waals surface area (Å²) in [6.45, 7) is 2.33. The molecule has 1 aliphatic rings. The highest BCUT2D eigenvalue weighted by Gasteiger charge is 2.25. The summed E-state index contributed by atoms with van der Waals surface area (Å²) in [5, 5.41) is 9.17. The summed E-state index contributed by atoms with van der Waals surface area (Å²) in [5.41, 5.74) is 3.19. The van der Waals surface area contributed by atoms with Gasteiger partial charge in [-0.2, -0.15) is 0 Å². The van der Waals surface area contributed by atoms with Crippen LogP contribution in [-0.2, 0) is 11.3 Å². The van der Waals surface area contributed by atoms with Crippen LogP contribution in [0.4, 0.5) is 0 Å². The number of para-hydroxylation sites is 3. The average molecular weight is 335 g/mol. The third-order valence-electron chi connectivity index (χ3n) is 4.95. The number of hydrogen-bond acceptors (Lipinski definition) is 3. The van der Waals surface area contributed by atoms with Gasteiger partial charge in [0.25, 0.3) is 0 Å². The lowest BCUT2D eigenvalue weighted by Crippen LogP contribution is -2.36. The van der Waals surface area contributed by atoms with Gasteiger partial charge in [0.05, 0.1) is 23.5 Å². The van der Waals surface area contributed by atoms with E-state index in [1.165, 1.54) is 0 Å². The van der Waals surface area contributed by atoms with Crippen molar-refractivity contribution >= 4 is 17.0 Å². The van der Waals surface area contributed by atoms with Crippen LogP contribution in [0.25, 0.3) is 16.7 Å². The van der Waals surface area contributed by atoms with Gasteiger partial charge in [-0.15, -0.1) is 0 Å². The van der Waals surface area contributed by atoms with Crippen molar-refractivity contribution in [3.63, 3.8) is 0 Å². The molecule has 1 aliphatic heterocycles. The molecule has 3 aromatic rings. The van der Waals surface area contributed by atoms with E-state index in [4.69, 9.17) is 10.1 Å². The Kier molecular flexibility index (Phi) is 4.24. The number of rotatable bonds is 4. The second-order valence-corrected chi connectivity index (χ2v) is 6.58. The van der Waals surface area contributed by atoms with Gasteiger partial charge in [-0.05, 0) is 50.2 Å². The molecular weight excluding hydrogens is 314 g/mol. The largest absolute Gasteiger partial charge is 0.481 e. The molecule has 0 radical (unpaired) electrons. The Bertz CT molecular complexity index is 880. The second-order valence-electron chi connectivity index (χ2n) is 6.58. The first-order chi connectivity index (χ1) is 12.2. The van der Waals surface area contributed by atoms with Gasteiger partial charge in [-0.25, -0.2) is 4.98 Å². The molecule has 0 amide bonds. The molecule has 0 atom stereocenters. The molecule has 2 aromatic carbocycles. The van der Waals surface area contributed by atoms with Gasteiger partial charge in [0.2, 0.25) is 0 Å². The maximum Gasteiger partial charge on any atom is 0.306 e. The zero-order valence-corrected chi connectivity index (χ0v) is 14.0. The van der Waals surface area contributed by atoms with Crippen LogP contribution in [-0.4, -0.2) is 38.6 Å². The maximum atomic E-state index is 11.1. The molecule has 2 heterocycles. The molecule has 0 aliphatic carbocycles. The Morgan fingerprint density at radius 1 is 1.04 bits per heavy atom. The number of hydrogen-bond donors (Lipinski definition) is 1. The summed E-state index contributed by atoms with van der Waals surface area (Å²) >= 11 is 0. The van der Waals surface area contributed by atoms with E-state index in [2.05, 4.69) is 27.7 Å². The highest BCUT2D eigenvalue weighted by atomic mass is 16.4. The van der Waals surface area contributed by atoms with Gasteiger partial charge in [-0.1, -0.05) is 30.3 Å². The molecule has 0 spiro atoms. The molecule has 1 fully saturated rings. The van der Waals surface area contributed by atoms with E-state index in [9.17, 15) is 4.79 Å². The zero-order chi connectivity index (χ0) is 17.2. The van der Waals surface area contributed by atoms with Crippen molar-refractivity contribution in [3.8, 4) is 5.69 Å². The molecule has 1 aromatic heterocycles. The quantitative estimate of drug-likeness (QED) is 0.794. The van der Waals surface area contributed by atoms with Gasteiger partial charge in [0.1, 0.15) is 5.82 Å². The summed E-state index contributed by atoms with van der Waals surface area (Å²) in [7, 11) is 0. The van der Waals surface area contributed by atoms with Crippen molar-refractivity contribution in [2.45, 2.75) is 19.4 Å². The standard InChI is InChI=1S/C20H21N3O2/c24-20(25)15-10-12-22(13-11-15)14-19-21-17-8-4-5-9-18(17)23(19)16-6-2-1-3-7-16/h1-9,15H,10-14H2,(H,24,25). The maximum absolute atomic E-state index is 11.1. The number of carboxylic acids is 1. The van der Waals surface area contributed by atoms with E-state index in [1.54, 1.807) is 0 Å². The fourth-order valence-corrected chi connectivity index (χ4v) is 3.59. The monoisotopic (exact) mass is 335 g/mol. The number of imidazole rings is 1. The Labute approximate surface area is 146 Å². The minimum absolute atomic E-state index is 0.204. The number of nitrogens with zero attached hydrogens (tertiary/aromatic N) is 3. The fraction of sp³-hybridized carbons (Fsp3) is 0.300. The van der Waals surface area contributed by atoms with Gasteiger partial charge in [-0.3, -0.25) is 14.3 Å². The van der Waals surface area contributed by atoms with E-state index in [0.717, 1.165) is 42.2 Å². The van der Waals surface area contributed by atoms with Crippen LogP contribution in [0, 0.1) is 5.92 Å². The van der Waals surface area contributed by atoms with Crippen LogP contribution in [0.2, 0.25) is 0 Å². The Hall–Kier alpha value is -2.66. The van der Waals surface area contributed by atoms with Crippen LogP contribution >= 0.6 is 0 Å². The Balaban J connectivity index is 1.65. The number of fused-ring (bicyclic) bond motifs is 1. The molecular formula is C20H21N3O2. The SMILES string of the molecule is O=C(O)C1CCN(Cc2nc3ccccc3n2-c2ccccc2)CC1. The molecule has 128 valence electrons. The molecule has 0 saturated carbocycles. The average Bonchev–Trinajstić information content (AvgIpc) is 3.00. The third kappa shape index (κ3) is 3.15. The smallest absolute Gasteiger partial charge is 0.306 e. The second kappa shape index (κ2) is 6.69. The lowest BCUT2D eigenvalue weighted by molar-refractivity contribution is -0.143. The van der Waals surface area contributed by atoms with Gasteiger partial charge >= 0.3 is 5.97 Å². The number of carbonyl (C=O) groups is 1. The molecule has 1 saturated heterocycles. The lowest BCUT2D eigenvalue weighted by Gasteiger charge is -2.29. The van der Waals surface area contributed by atoms with Crippen molar-refractivity contribution in [1.82, 2.24) is 14.5 Å². The molecule has 25 heavy (non-hydrogen) atoms. The van der Waals surface area contributed by atoms with Crippen molar-refractivity contribution < 1.29 is 9.90 Å². The minimum atomic E-state index is -0.670. The van der Waals surface area contributed by atoms with Gasteiger partial charge in [0.15, 0.2) is 0 Å². The normalized spacial score (nSPS) is 16.3. The van der Waals surface area contributed by atoms with Crippen LogP contribution in [0.1, 0.15) is 18.7 Å². The van der Waals surface area contributed by atoms with Crippen molar-refractivity contribution in [3.05, 3.63) is 60.4 Å². The first-order valence-corrected chi connectivity index (χ1v) is 8.69. The number of carboxylic acid groups (broad SMARTS) is 1. The van der Waals surface area contributed by atoms with E-state index in [-0.39, 0.29) is 5.92 Å². The summed E-state index contributed by atoms with van der Waals surface area (Å²) in [6, 6.07) is 18.4. The summed E-state index contributed by atoms with van der Waals surface area (Å²) in [4.78, 5) is 18.3. The molecule has 0 bridgehead atoms. The van der Waals surface area contributed by atoms with E-state index < -0.39 is 5.97 Å². The van der Waals surface area contributed by atoms with Gasteiger partial charge < -0.3 is 5.11 Å². The zero-order valence-electron chi connectivity index (χ0n) is 14.0. The highest BCUT2D eigenvalue weighted by molar-refractivity contribution is 5.78. The van der Waals surface area contributed by atoms with Gasteiger partial charge in [0, 0.05) is 5.69 Å². The number of aromatic nitrogens is 2. The lowest BCUT2D eigenvalue weighted by atomic mass is 9.97. The number of aliphatic carboxylic acids is 1.